The number of nitrogens with one attached hydrogen (secondary N) is 1. The third-order valence-corrected chi connectivity index (χ3v) is 2.16. The number of hydrogen-bond donors (Lipinski definition) is 3. The Morgan fingerprint density at radius 2 is 1.93 bits per heavy atom. The Kier molecular flexibility index (Phi) is 5.04. The van der Waals surface area contributed by atoms with E-state index >= 15 is 0 Å². The van der Waals surface area contributed by atoms with E-state index in [0.29, 0.717) is 13.1 Å². The topological polar surface area (TPSA) is 52.5 Å². The van der Waals surface area contributed by atoms with Gasteiger partial charge in [0.2, 0.25) is 0 Å². The zero-order valence-electron chi connectivity index (χ0n) is 8.63. The van der Waals surface area contributed by atoms with Crippen LogP contribution in [0.3, 0.4) is 0 Å². The molecule has 1 aromatic rings. The van der Waals surface area contributed by atoms with Crippen molar-refractivity contribution in [3.05, 3.63) is 48.6 Å². The first kappa shape index (κ1) is 11.9. The lowest BCUT2D eigenvalue weighted by Gasteiger charge is -2.14. The molecule has 0 heterocycles. The van der Waals surface area contributed by atoms with Crippen LogP contribution in [0.1, 0.15) is 5.56 Å². The molecule has 0 fully saturated rings. The number of rotatable bonds is 6. The Balaban J connectivity index is 2.25. The smallest absolute Gasteiger partial charge is 0.0989 e. The van der Waals surface area contributed by atoms with Gasteiger partial charge in [-0.05, 0) is 5.56 Å². The summed E-state index contributed by atoms with van der Waals surface area (Å²) >= 11 is 0. The first-order chi connectivity index (χ1) is 7.24. The monoisotopic (exact) mass is 207 g/mol. The van der Waals surface area contributed by atoms with Crippen molar-refractivity contribution in [1.29, 1.82) is 0 Å². The zero-order valence-corrected chi connectivity index (χ0v) is 8.63. The van der Waals surface area contributed by atoms with Crippen molar-refractivity contribution in [2.45, 2.75) is 18.8 Å². The largest absolute Gasteiger partial charge is 0.389 e. The summed E-state index contributed by atoms with van der Waals surface area (Å²) in [5.74, 6) is 0. The fourth-order valence-corrected chi connectivity index (χ4v) is 1.24. The number of aliphatic hydroxyl groups excluding tert-OH is 2. The second-order valence-corrected chi connectivity index (χ2v) is 3.41. The van der Waals surface area contributed by atoms with Gasteiger partial charge in [0.25, 0.3) is 0 Å². The van der Waals surface area contributed by atoms with E-state index in [1.54, 1.807) is 0 Å². The van der Waals surface area contributed by atoms with Crippen LogP contribution in [0, 0.1) is 0 Å². The number of hydrogen-bond acceptors (Lipinski definition) is 3. The summed E-state index contributed by atoms with van der Waals surface area (Å²) < 4.78 is 0. The fourth-order valence-electron chi connectivity index (χ4n) is 1.24. The molecule has 0 aliphatic heterocycles. The Morgan fingerprint density at radius 1 is 1.27 bits per heavy atom. The van der Waals surface area contributed by atoms with Crippen LogP contribution >= 0.6 is 0 Å². The van der Waals surface area contributed by atoms with E-state index in [-0.39, 0.29) is 0 Å². The Labute approximate surface area is 90.1 Å². The van der Waals surface area contributed by atoms with Gasteiger partial charge in [-0.15, -0.1) is 6.58 Å². The van der Waals surface area contributed by atoms with Crippen molar-refractivity contribution < 1.29 is 10.2 Å². The van der Waals surface area contributed by atoms with Crippen LogP contribution in [0.25, 0.3) is 0 Å². The summed E-state index contributed by atoms with van der Waals surface area (Å²) in [6.45, 7) is 4.44. The van der Waals surface area contributed by atoms with Crippen LogP contribution in [0.15, 0.2) is 43.0 Å². The summed E-state index contributed by atoms with van der Waals surface area (Å²) in [6, 6.07) is 9.89. The van der Waals surface area contributed by atoms with Crippen LogP contribution in [-0.4, -0.2) is 29.0 Å². The van der Waals surface area contributed by atoms with Crippen LogP contribution in [0.4, 0.5) is 0 Å². The second-order valence-electron chi connectivity index (χ2n) is 3.41. The molecular formula is C12H17NO2. The summed E-state index contributed by atoms with van der Waals surface area (Å²) in [4.78, 5) is 0. The maximum atomic E-state index is 9.41. The van der Waals surface area contributed by atoms with Gasteiger partial charge in [-0.3, -0.25) is 0 Å². The fraction of sp³-hybridized carbons (Fsp3) is 0.333. The molecule has 0 radical (unpaired) electrons. The predicted molar refractivity (Wildman–Crippen MR) is 60.4 cm³/mol. The molecule has 15 heavy (non-hydrogen) atoms. The first-order valence-corrected chi connectivity index (χ1v) is 4.97. The highest BCUT2D eigenvalue weighted by Gasteiger charge is 2.11. The summed E-state index contributed by atoms with van der Waals surface area (Å²) in [5, 5.41) is 21.7. The van der Waals surface area contributed by atoms with Gasteiger partial charge in [0.15, 0.2) is 0 Å². The Hall–Kier alpha value is -1.16. The predicted octanol–water partition coefficient (Wildman–Crippen LogP) is 0.684. The first-order valence-electron chi connectivity index (χ1n) is 4.97. The van der Waals surface area contributed by atoms with Gasteiger partial charge in [0.1, 0.15) is 0 Å². The molecule has 0 aliphatic rings. The van der Waals surface area contributed by atoms with E-state index in [1.165, 1.54) is 6.08 Å². The standard InChI is InChI=1S/C12H17NO2/c1-2-11(14)12(15)9-13-8-10-6-4-3-5-7-10/h2-7,11-15H,1,8-9H2/t11-,12-/m0/s1. The molecule has 3 heteroatoms. The maximum Gasteiger partial charge on any atom is 0.0989 e. The molecule has 0 aromatic heterocycles. The summed E-state index contributed by atoms with van der Waals surface area (Å²) in [6.07, 6.45) is -0.339. The molecule has 0 unspecified atom stereocenters. The van der Waals surface area contributed by atoms with Gasteiger partial charge < -0.3 is 15.5 Å². The summed E-state index contributed by atoms with van der Waals surface area (Å²) in [5.41, 5.74) is 1.15. The molecule has 82 valence electrons. The average molecular weight is 207 g/mol. The third-order valence-electron chi connectivity index (χ3n) is 2.16. The highest BCUT2D eigenvalue weighted by molar-refractivity contribution is 5.14. The van der Waals surface area contributed by atoms with Crippen LogP contribution < -0.4 is 5.32 Å². The lowest BCUT2D eigenvalue weighted by atomic mass is 10.2. The van der Waals surface area contributed by atoms with Crippen molar-refractivity contribution in [2.75, 3.05) is 6.54 Å². The quantitative estimate of drug-likeness (QED) is 0.601. The van der Waals surface area contributed by atoms with E-state index in [1.807, 2.05) is 30.3 Å². The molecule has 0 bridgehead atoms. The Bertz CT molecular complexity index is 287. The van der Waals surface area contributed by atoms with Crippen LogP contribution in [-0.2, 0) is 6.54 Å². The van der Waals surface area contributed by atoms with Gasteiger partial charge in [0.05, 0.1) is 12.2 Å². The summed E-state index contributed by atoms with van der Waals surface area (Å²) in [7, 11) is 0. The number of benzene rings is 1. The molecule has 0 saturated heterocycles. The van der Waals surface area contributed by atoms with Crippen molar-refractivity contribution in [2.24, 2.45) is 0 Å². The molecule has 0 spiro atoms. The third kappa shape index (κ3) is 4.25. The lowest BCUT2D eigenvalue weighted by Crippen LogP contribution is -2.34. The van der Waals surface area contributed by atoms with Gasteiger partial charge >= 0.3 is 0 Å². The van der Waals surface area contributed by atoms with Crippen LogP contribution in [0.5, 0.6) is 0 Å². The molecular weight excluding hydrogens is 190 g/mol. The highest BCUT2D eigenvalue weighted by Crippen LogP contribution is 1.98. The van der Waals surface area contributed by atoms with Crippen LogP contribution in [0.2, 0.25) is 0 Å². The van der Waals surface area contributed by atoms with E-state index < -0.39 is 12.2 Å². The zero-order chi connectivity index (χ0) is 11.1. The van der Waals surface area contributed by atoms with Gasteiger partial charge in [-0.25, -0.2) is 0 Å². The van der Waals surface area contributed by atoms with Crippen molar-refractivity contribution >= 4 is 0 Å². The molecule has 1 rings (SSSR count). The van der Waals surface area contributed by atoms with E-state index in [0.717, 1.165) is 5.56 Å². The molecule has 0 amide bonds. The normalized spacial score (nSPS) is 14.5. The van der Waals surface area contributed by atoms with E-state index in [9.17, 15) is 10.2 Å². The van der Waals surface area contributed by atoms with Crippen molar-refractivity contribution in [3.63, 3.8) is 0 Å². The average Bonchev–Trinajstić information content (AvgIpc) is 2.29. The van der Waals surface area contributed by atoms with Crippen molar-refractivity contribution in [1.82, 2.24) is 5.32 Å². The van der Waals surface area contributed by atoms with Crippen molar-refractivity contribution in [3.8, 4) is 0 Å². The minimum Gasteiger partial charge on any atom is -0.389 e. The van der Waals surface area contributed by atoms with Gasteiger partial charge in [-0.1, -0.05) is 36.4 Å². The minimum atomic E-state index is -0.867. The minimum absolute atomic E-state index is 0.349. The SMILES string of the molecule is C=C[C@H](O)[C@@H](O)CNCc1ccccc1. The maximum absolute atomic E-state index is 9.41. The number of aliphatic hydroxyl groups is 2. The van der Waals surface area contributed by atoms with E-state index in [4.69, 9.17) is 0 Å². The highest BCUT2D eigenvalue weighted by atomic mass is 16.3. The van der Waals surface area contributed by atoms with E-state index in [2.05, 4.69) is 11.9 Å². The second kappa shape index (κ2) is 6.35. The molecule has 0 aliphatic carbocycles. The molecule has 0 saturated carbocycles. The van der Waals surface area contributed by atoms with Gasteiger partial charge in [0, 0.05) is 13.1 Å². The molecule has 1 aromatic carbocycles. The molecule has 2 atom stereocenters. The lowest BCUT2D eigenvalue weighted by molar-refractivity contribution is 0.0491. The molecule has 3 nitrogen and oxygen atoms in total. The Morgan fingerprint density at radius 3 is 2.53 bits per heavy atom. The van der Waals surface area contributed by atoms with Gasteiger partial charge in [-0.2, -0.15) is 0 Å². The molecule has 3 N–H and O–H groups in total.